The highest BCUT2D eigenvalue weighted by atomic mass is 19.4. The number of alkyl halides is 3. The van der Waals surface area contributed by atoms with Crippen LogP contribution >= 0.6 is 0 Å². The first kappa shape index (κ1) is 27.3. The SMILES string of the molecule is Cc1cc(C(F)(F)F)cc(N2C(=O)C[C@@H]3CN(CC(=O)OC(C)(C)C)c4c(F)cccc4N(C)C(=O)[C@H]32)n1. The van der Waals surface area contributed by atoms with E-state index in [-0.39, 0.29) is 42.4 Å². The van der Waals surface area contributed by atoms with Crippen LogP contribution in [0.3, 0.4) is 0 Å². The van der Waals surface area contributed by atoms with Gasteiger partial charge in [0.1, 0.15) is 29.8 Å². The number of pyridine rings is 1. The number of aryl methyl sites for hydroxylation is 1. The summed E-state index contributed by atoms with van der Waals surface area (Å²) in [4.78, 5) is 47.4. The van der Waals surface area contributed by atoms with Crippen LogP contribution in [0.25, 0.3) is 0 Å². The molecule has 0 saturated carbocycles. The number of halogens is 4. The zero-order valence-corrected chi connectivity index (χ0v) is 21.6. The Kier molecular flexibility index (Phi) is 6.87. The van der Waals surface area contributed by atoms with Crippen molar-refractivity contribution in [1.82, 2.24) is 4.98 Å². The maximum Gasteiger partial charge on any atom is 0.416 e. The normalized spacial score (nSPS) is 20.2. The predicted molar refractivity (Wildman–Crippen MR) is 131 cm³/mol. The van der Waals surface area contributed by atoms with Gasteiger partial charge < -0.3 is 14.5 Å². The van der Waals surface area contributed by atoms with Crippen LogP contribution < -0.4 is 14.7 Å². The van der Waals surface area contributed by atoms with Gasteiger partial charge in [0.25, 0.3) is 0 Å². The van der Waals surface area contributed by atoms with Crippen molar-refractivity contribution in [3.05, 3.63) is 47.4 Å². The van der Waals surface area contributed by atoms with Gasteiger partial charge in [-0.15, -0.1) is 0 Å². The first-order valence-electron chi connectivity index (χ1n) is 12.0. The van der Waals surface area contributed by atoms with Crippen LogP contribution in [0.15, 0.2) is 30.3 Å². The molecule has 1 saturated heterocycles. The van der Waals surface area contributed by atoms with E-state index in [1.807, 2.05) is 0 Å². The highest BCUT2D eigenvalue weighted by Crippen LogP contribution is 2.41. The van der Waals surface area contributed by atoms with Gasteiger partial charge >= 0.3 is 12.1 Å². The molecule has 0 spiro atoms. The summed E-state index contributed by atoms with van der Waals surface area (Å²) in [6, 6.07) is 4.46. The Morgan fingerprint density at radius 2 is 1.84 bits per heavy atom. The first-order chi connectivity index (χ1) is 17.6. The molecule has 0 bridgehead atoms. The number of hydrogen-bond acceptors (Lipinski definition) is 6. The van der Waals surface area contributed by atoms with Crippen LogP contribution in [-0.2, 0) is 25.3 Å². The molecule has 0 aliphatic carbocycles. The van der Waals surface area contributed by atoms with Gasteiger partial charge in [-0.25, -0.2) is 9.37 Å². The van der Waals surface area contributed by atoms with E-state index in [4.69, 9.17) is 4.74 Å². The lowest BCUT2D eigenvalue weighted by atomic mass is 9.95. The van der Waals surface area contributed by atoms with Crippen molar-refractivity contribution in [2.75, 3.05) is 34.8 Å². The van der Waals surface area contributed by atoms with E-state index in [2.05, 4.69) is 4.98 Å². The fourth-order valence-electron chi connectivity index (χ4n) is 4.94. The van der Waals surface area contributed by atoms with Gasteiger partial charge in [-0.3, -0.25) is 19.3 Å². The van der Waals surface area contributed by atoms with Crippen molar-refractivity contribution in [3.8, 4) is 0 Å². The van der Waals surface area contributed by atoms with Gasteiger partial charge in [0.2, 0.25) is 11.8 Å². The third-order valence-corrected chi connectivity index (χ3v) is 6.37. The van der Waals surface area contributed by atoms with Crippen LogP contribution in [0.4, 0.5) is 34.8 Å². The van der Waals surface area contributed by atoms with Gasteiger partial charge in [-0.05, 0) is 52.0 Å². The lowest BCUT2D eigenvalue weighted by Gasteiger charge is -2.38. The molecule has 2 amide bonds. The molecule has 1 aromatic carbocycles. The van der Waals surface area contributed by atoms with E-state index in [1.165, 1.54) is 37.1 Å². The van der Waals surface area contributed by atoms with Gasteiger partial charge in [-0.2, -0.15) is 13.2 Å². The number of rotatable bonds is 3. The Balaban J connectivity index is 1.80. The molecule has 0 radical (unpaired) electrons. The molecule has 0 N–H and O–H groups in total. The summed E-state index contributed by atoms with van der Waals surface area (Å²) in [6.45, 7) is 5.96. The molecule has 1 aromatic heterocycles. The molecule has 0 unspecified atom stereocenters. The van der Waals surface area contributed by atoms with Crippen LogP contribution in [0, 0.1) is 18.7 Å². The second-order valence-corrected chi connectivity index (χ2v) is 10.5. The van der Waals surface area contributed by atoms with Gasteiger partial charge in [-0.1, -0.05) is 6.07 Å². The number of anilines is 3. The van der Waals surface area contributed by atoms with Crippen LogP contribution in [0.5, 0.6) is 0 Å². The minimum absolute atomic E-state index is 0.00778. The van der Waals surface area contributed by atoms with E-state index >= 15 is 4.39 Å². The number of para-hydroxylation sites is 1. The molecule has 2 aliphatic heterocycles. The average molecular weight is 537 g/mol. The molecule has 1 fully saturated rings. The van der Waals surface area contributed by atoms with Crippen molar-refractivity contribution in [3.63, 3.8) is 0 Å². The van der Waals surface area contributed by atoms with Crippen molar-refractivity contribution in [1.29, 1.82) is 0 Å². The van der Waals surface area contributed by atoms with Gasteiger partial charge in [0.15, 0.2) is 0 Å². The Morgan fingerprint density at radius 1 is 1.16 bits per heavy atom. The standard InChI is InChI=1S/C26H28F4N4O4/c1-14-9-16(26(28,29)30)11-19(31-14)34-20(35)10-15-12-33(13-21(36)38-25(2,3)4)23-17(27)7-6-8-18(23)32(5)24(37)22(15)34/h6-9,11,15,22H,10,12-13H2,1-5H3/t15-,22+/m1/s1. The molecule has 3 heterocycles. The monoisotopic (exact) mass is 536 g/mol. The molecule has 204 valence electrons. The molecule has 8 nitrogen and oxygen atoms in total. The van der Waals surface area contributed by atoms with E-state index in [0.29, 0.717) is 0 Å². The van der Waals surface area contributed by atoms with Crippen molar-refractivity contribution >= 4 is 35.0 Å². The zero-order chi connectivity index (χ0) is 28.2. The maximum atomic E-state index is 15.2. The van der Waals surface area contributed by atoms with E-state index in [1.54, 1.807) is 20.8 Å². The Morgan fingerprint density at radius 3 is 2.47 bits per heavy atom. The van der Waals surface area contributed by atoms with Crippen molar-refractivity contribution in [2.24, 2.45) is 5.92 Å². The number of amides is 2. The molecule has 4 rings (SSSR count). The van der Waals surface area contributed by atoms with Crippen LogP contribution in [0.1, 0.15) is 38.4 Å². The summed E-state index contributed by atoms with van der Waals surface area (Å²) >= 11 is 0. The van der Waals surface area contributed by atoms with E-state index in [0.717, 1.165) is 21.9 Å². The number of esters is 1. The van der Waals surface area contributed by atoms with Crippen molar-refractivity contribution < 1.29 is 36.7 Å². The summed E-state index contributed by atoms with van der Waals surface area (Å²) in [5, 5.41) is 0. The fraction of sp³-hybridized carbons (Fsp3) is 0.462. The molecule has 12 heteroatoms. The molecule has 2 aliphatic rings. The Hall–Kier alpha value is -3.70. The van der Waals surface area contributed by atoms with Crippen molar-refractivity contribution in [2.45, 2.75) is 51.9 Å². The minimum atomic E-state index is -4.69. The third kappa shape index (κ3) is 5.30. The number of likely N-dealkylation sites (N-methyl/N-ethyl adjacent to an activating group) is 1. The summed E-state index contributed by atoms with van der Waals surface area (Å²) in [6.07, 6.45) is -4.90. The van der Waals surface area contributed by atoms with E-state index in [9.17, 15) is 27.6 Å². The second kappa shape index (κ2) is 9.55. The molecular weight excluding hydrogens is 508 g/mol. The molecular formula is C26H28F4N4O4. The topological polar surface area (TPSA) is 83.1 Å². The summed E-state index contributed by atoms with van der Waals surface area (Å²) in [7, 11) is 1.39. The summed E-state index contributed by atoms with van der Waals surface area (Å²) < 4.78 is 61.1. The maximum absolute atomic E-state index is 15.2. The lowest BCUT2D eigenvalue weighted by molar-refractivity contribution is -0.153. The van der Waals surface area contributed by atoms with Gasteiger partial charge in [0.05, 0.1) is 16.9 Å². The smallest absolute Gasteiger partial charge is 0.416 e. The summed E-state index contributed by atoms with van der Waals surface area (Å²) in [5.41, 5.74) is -1.64. The second-order valence-electron chi connectivity index (χ2n) is 10.5. The largest absolute Gasteiger partial charge is 0.459 e. The quantitative estimate of drug-likeness (QED) is 0.434. The number of aromatic nitrogens is 1. The number of carbonyl (C=O) groups is 3. The number of benzene rings is 1. The fourth-order valence-corrected chi connectivity index (χ4v) is 4.94. The highest BCUT2D eigenvalue weighted by molar-refractivity contribution is 6.10. The Labute approximate surface area is 217 Å². The number of nitrogens with zero attached hydrogens (tertiary/aromatic N) is 4. The number of ether oxygens (including phenoxy) is 1. The molecule has 2 aromatic rings. The Bertz CT molecular complexity index is 1290. The summed E-state index contributed by atoms with van der Waals surface area (Å²) in [5.74, 6) is -3.60. The number of hydrogen-bond donors (Lipinski definition) is 0. The third-order valence-electron chi connectivity index (χ3n) is 6.37. The van der Waals surface area contributed by atoms with E-state index < -0.39 is 52.9 Å². The van der Waals surface area contributed by atoms with Crippen LogP contribution in [0.2, 0.25) is 0 Å². The van der Waals surface area contributed by atoms with Gasteiger partial charge in [0, 0.05) is 31.6 Å². The first-order valence-corrected chi connectivity index (χ1v) is 12.0. The molecule has 38 heavy (non-hydrogen) atoms. The highest BCUT2D eigenvalue weighted by Gasteiger charge is 2.49. The average Bonchev–Trinajstić information content (AvgIpc) is 3.09. The van der Waals surface area contributed by atoms with Crippen LogP contribution in [-0.4, -0.2) is 54.5 Å². The minimum Gasteiger partial charge on any atom is -0.459 e. The number of carbonyl (C=O) groups excluding carboxylic acids is 3. The number of fused-ring (bicyclic) bond motifs is 2. The zero-order valence-electron chi connectivity index (χ0n) is 21.6. The predicted octanol–water partition coefficient (Wildman–Crippen LogP) is 4.09. The molecule has 2 atom stereocenters. The lowest BCUT2D eigenvalue weighted by Crippen LogP contribution is -2.53.